The predicted molar refractivity (Wildman–Crippen MR) is 112 cm³/mol. The smallest absolute Gasteiger partial charge is 0.243 e. The monoisotopic (exact) mass is 478 g/mol. The van der Waals surface area contributed by atoms with E-state index in [0.717, 1.165) is 0 Å². The zero-order valence-electron chi connectivity index (χ0n) is 15.6. The fraction of sp³-hybridized carbons (Fsp3) is 0.333. The second-order valence-electron chi connectivity index (χ2n) is 6.29. The van der Waals surface area contributed by atoms with Crippen molar-refractivity contribution in [3.8, 4) is 5.75 Å². The highest BCUT2D eigenvalue weighted by atomic mass is 35.5. The number of halogens is 2. The van der Waals surface area contributed by atoms with Gasteiger partial charge in [-0.15, -0.1) is 0 Å². The highest BCUT2D eigenvalue weighted by Crippen LogP contribution is 2.28. The van der Waals surface area contributed by atoms with Crippen molar-refractivity contribution in [1.29, 1.82) is 0 Å². The van der Waals surface area contributed by atoms with Gasteiger partial charge >= 0.3 is 0 Å². The number of rotatable bonds is 6. The second-order valence-corrected chi connectivity index (χ2v) is 11.0. The molecule has 0 atom stereocenters. The molecule has 1 aliphatic rings. The maximum atomic E-state index is 12.8. The molecule has 0 saturated carbocycles. The summed E-state index contributed by atoms with van der Waals surface area (Å²) in [5, 5.41) is 0.404. The Morgan fingerprint density at radius 1 is 0.793 bits per heavy atom. The average molecular weight is 479 g/mol. The number of ether oxygens (including phenoxy) is 1. The number of sulfonamides is 2. The quantitative estimate of drug-likeness (QED) is 0.636. The normalized spacial score (nSPS) is 16.7. The molecular weight excluding hydrogens is 459 g/mol. The van der Waals surface area contributed by atoms with Gasteiger partial charge in [0.15, 0.2) is 0 Å². The molecule has 1 saturated heterocycles. The molecule has 0 aromatic heterocycles. The van der Waals surface area contributed by atoms with Crippen molar-refractivity contribution >= 4 is 43.2 Å². The maximum Gasteiger partial charge on any atom is 0.243 e. The molecule has 0 bridgehead atoms. The van der Waals surface area contributed by atoms with E-state index >= 15 is 0 Å². The largest absolute Gasteiger partial charge is 0.494 e. The van der Waals surface area contributed by atoms with E-state index in [1.165, 1.54) is 38.9 Å². The molecular formula is C18H20Cl2N2O5S2. The molecule has 2 aromatic carbocycles. The first-order chi connectivity index (χ1) is 13.7. The van der Waals surface area contributed by atoms with Gasteiger partial charge in [-0.25, -0.2) is 16.8 Å². The Kier molecular flexibility index (Phi) is 6.77. The number of hydrogen-bond acceptors (Lipinski definition) is 5. The molecule has 0 unspecified atom stereocenters. The third kappa shape index (κ3) is 4.70. The van der Waals surface area contributed by atoms with Crippen molar-refractivity contribution in [2.75, 3.05) is 32.8 Å². The zero-order chi connectivity index (χ0) is 21.2. The van der Waals surface area contributed by atoms with E-state index in [1.54, 1.807) is 12.1 Å². The van der Waals surface area contributed by atoms with Gasteiger partial charge in [0.05, 0.1) is 26.4 Å². The Morgan fingerprint density at radius 3 is 1.76 bits per heavy atom. The highest BCUT2D eigenvalue weighted by molar-refractivity contribution is 7.89. The van der Waals surface area contributed by atoms with Gasteiger partial charge in [-0.1, -0.05) is 23.2 Å². The Balaban J connectivity index is 1.72. The molecule has 158 valence electrons. The number of benzene rings is 2. The molecule has 1 heterocycles. The molecule has 0 spiro atoms. The molecule has 2 aromatic rings. The number of nitrogens with zero attached hydrogens (tertiary/aromatic N) is 2. The fourth-order valence-corrected chi connectivity index (χ4v) is 6.19. The van der Waals surface area contributed by atoms with Crippen molar-refractivity contribution in [1.82, 2.24) is 8.61 Å². The number of piperazine rings is 1. The average Bonchev–Trinajstić information content (AvgIpc) is 2.71. The van der Waals surface area contributed by atoms with Gasteiger partial charge in [-0.3, -0.25) is 0 Å². The lowest BCUT2D eigenvalue weighted by molar-refractivity contribution is 0.273. The lowest BCUT2D eigenvalue weighted by Gasteiger charge is -2.33. The third-order valence-electron chi connectivity index (χ3n) is 4.50. The van der Waals surface area contributed by atoms with Gasteiger partial charge in [-0.2, -0.15) is 8.61 Å². The van der Waals surface area contributed by atoms with E-state index in [2.05, 4.69) is 0 Å². The molecule has 3 rings (SSSR count). The van der Waals surface area contributed by atoms with Crippen LogP contribution in [0.5, 0.6) is 5.75 Å². The van der Waals surface area contributed by atoms with E-state index < -0.39 is 20.0 Å². The summed E-state index contributed by atoms with van der Waals surface area (Å²) in [6.07, 6.45) is 0. The van der Waals surface area contributed by atoms with Crippen molar-refractivity contribution in [3.63, 3.8) is 0 Å². The Hall–Kier alpha value is -1.36. The minimum atomic E-state index is -3.79. The third-order valence-corrected chi connectivity index (χ3v) is 9.05. The minimum Gasteiger partial charge on any atom is -0.494 e. The minimum absolute atomic E-state index is 0.0229. The summed E-state index contributed by atoms with van der Waals surface area (Å²) in [5.41, 5.74) is 0. The highest BCUT2D eigenvalue weighted by Gasteiger charge is 2.34. The van der Waals surface area contributed by atoms with Crippen LogP contribution in [0.25, 0.3) is 0 Å². The SMILES string of the molecule is CCOc1ccc(S(=O)(=O)N2CCN(S(=O)(=O)c3ccc(Cl)c(Cl)c3)CC2)cc1. The van der Waals surface area contributed by atoms with Crippen molar-refractivity contribution in [3.05, 3.63) is 52.5 Å². The van der Waals surface area contributed by atoms with E-state index in [0.29, 0.717) is 12.4 Å². The Morgan fingerprint density at radius 2 is 1.28 bits per heavy atom. The first kappa shape index (κ1) is 22.3. The molecule has 0 aliphatic carbocycles. The van der Waals surface area contributed by atoms with E-state index in [1.807, 2.05) is 6.92 Å². The zero-order valence-corrected chi connectivity index (χ0v) is 18.7. The van der Waals surface area contributed by atoms with Crippen molar-refractivity contribution in [2.24, 2.45) is 0 Å². The first-order valence-corrected chi connectivity index (χ1v) is 12.5. The summed E-state index contributed by atoms with van der Waals surface area (Å²) in [6, 6.07) is 10.3. The summed E-state index contributed by atoms with van der Waals surface area (Å²) in [7, 11) is -7.52. The van der Waals surface area contributed by atoms with Gasteiger partial charge in [0.25, 0.3) is 0 Å². The van der Waals surface area contributed by atoms with Gasteiger partial charge in [0.2, 0.25) is 20.0 Å². The molecule has 1 aliphatic heterocycles. The summed E-state index contributed by atoms with van der Waals surface area (Å²) in [4.78, 5) is 0.163. The van der Waals surface area contributed by atoms with Crippen LogP contribution in [0, 0.1) is 0 Å². The van der Waals surface area contributed by atoms with E-state index in [-0.39, 0.29) is 46.0 Å². The van der Waals surface area contributed by atoms with Crippen LogP contribution in [0.15, 0.2) is 52.3 Å². The molecule has 0 radical (unpaired) electrons. The van der Waals surface area contributed by atoms with Crippen LogP contribution >= 0.6 is 23.2 Å². The lowest BCUT2D eigenvalue weighted by atomic mass is 10.3. The number of hydrogen-bond donors (Lipinski definition) is 0. The van der Waals surface area contributed by atoms with Crippen molar-refractivity contribution < 1.29 is 21.6 Å². The topological polar surface area (TPSA) is 84.0 Å². The Bertz CT molecular complexity index is 1080. The van der Waals surface area contributed by atoms with Gasteiger partial charge in [0.1, 0.15) is 5.75 Å². The van der Waals surface area contributed by atoms with E-state index in [9.17, 15) is 16.8 Å². The van der Waals surface area contributed by atoms with Crippen molar-refractivity contribution in [2.45, 2.75) is 16.7 Å². The standard InChI is InChI=1S/C18H20Cl2N2O5S2/c1-2-27-14-3-5-15(6-4-14)28(23,24)21-9-11-22(12-10-21)29(25,26)16-7-8-17(19)18(20)13-16/h3-8,13H,2,9-12H2,1H3. The summed E-state index contributed by atoms with van der Waals surface area (Å²) in [6.45, 7) is 2.52. The summed E-state index contributed by atoms with van der Waals surface area (Å²) >= 11 is 11.8. The van der Waals surface area contributed by atoms with Crippen LogP contribution in [0.1, 0.15) is 6.92 Å². The van der Waals surface area contributed by atoms with Crippen LogP contribution < -0.4 is 4.74 Å². The van der Waals surface area contributed by atoms with Crippen LogP contribution in [0.2, 0.25) is 10.0 Å². The molecule has 1 fully saturated rings. The lowest BCUT2D eigenvalue weighted by Crippen LogP contribution is -2.50. The summed E-state index contributed by atoms with van der Waals surface area (Å²) < 4.78 is 59.2. The second kappa shape index (κ2) is 8.79. The molecule has 29 heavy (non-hydrogen) atoms. The van der Waals surface area contributed by atoms with Crippen LogP contribution in [-0.4, -0.2) is 58.2 Å². The fourth-order valence-electron chi connectivity index (χ4n) is 2.96. The van der Waals surface area contributed by atoms with Gasteiger partial charge in [0, 0.05) is 26.2 Å². The summed E-state index contributed by atoms with van der Waals surface area (Å²) in [5.74, 6) is 0.587. The molecule has 0 amide bonds. The van der Waals surface area contributed by atoms with E-state index in [4.69, 9.17) is 27.9 Å². The first-order valence-electron chi connectivity index (χ1n) is 8.84. The van der Waals surface area contributed by atoms with Crippen LogP contribution in [0.4, 0.5) is 0 Å². The van der Waals surface area contributed by atoms with Crippen LogP contribution in [-0.2, 0) is 20.0 Å². The maximum absolute atomic E-state index is 12.8. The van der Waals surface area contributed by atoms with Gasteiger partial charge in [-0.05, 0) is 49.4 Å². The van der Waals surface area contributed by atoms with Gasteiger partial charge < -0.3 is 4.74 Å². The predicted octanol–water partition coefficient (Wildman–Crippen LogP) is 3.09. The Labute approximate surface area is 180 Å². The molecule has 7 nitrogen and oxygen atoms in total. The molecule has 11 heteroatoms. The van der Waals surface area contributed by atoms with Crippen LogP contribution in [0.3, 0.4) is 0 Å². The molecule has 0 N–H and O–H groups in total.